The van der Waals surface area contributed by atoms with Gasteiger partial charge in [-0.25, -0.2) is 17.7 Å². The van der Waals surface area contributed by atoms with Crippen molar-refractivity contribution < 1.29 is 24.2 Å². The minimum Gasteiger partial charge on any atom is -0.210 e. The number of hydrogen-bond donors (Lipinski definition) is 0. The largest absolute Gasteiger partial charge is 0.210 e. The van der Waals surface area contributed by atoms with Crippen LogP contribution < -0.4 is 0 Å². The molecule has 2 aromatic carbocycles. The molecule has 2 aliphatic carbocycles. The Balaban J connectivity index is 0. The molecule has 0 heterocycles. The number of halogens is 2. The molecule has 0 atom stereocenters. The van der Waals surface area contributed by atoms with E-state index in [2.05, 4.69) is 65.2 Å². The molecule has 0 aromatic heterocycles. The zero-order valence-electron chi connectivity index (χ0n) is 15.7. The minimum absolute atomic E-state index is 0. The van der Waals surface area contributed by atoms with Crippen molar-refractivity contribution in [3.05, 3.63) is 96.4 Å². The van der Waals surface area contributed by atoms with Gasteiger partial charge in [-0.1, -0.05) is 25.7 Å². The number of aryl methyl sites for hydroxylation is 2. The molecule has 0 fully saturated rings. The molecule has 2 aliphatic rings. The molecule has 0 radical (unpaired) electrons. The van der Waals surface area contributed by atoms with Crippen molar-refractivity contribution in [2.45, 2.75) is 39.0 Å². The van der Waals surface area contributed by atoms with E-state index in [0.717, 1.165) is 6.42 Å². The first-order chi connectivity index (χ1) is 11.3. The van der Waals surface area contributed by atoms with Crippen LogP contribution in [0.15, 0.2) is 66.3 Å². The molecule has 0 aliphatic heterocycles. The van der Waals surface area contributed by atoms with E-state index in [1.54, 1.807) is 11.1 Å². The number of allylic oxidation sites excluding steroid dienone is 4. The molecule has 0 saturated heterocycles. The monoisotopic (exact) mass is 465 g/mol. The molecule has 26 heavy (non-hydrogen) atoms. The van der Waals surface area contributed by atoms with Crippen molar-refractivity contribution in [2.24, 2.45) is 0 Å². The summed E-state index contributed by atoms with van der Waals surface area (Å²) in [4.78, 5) is 0. The van der Waals surface area contributed by atoms with Crippen molar-refractivity contribution >= 4 is 28.5 Å². The summed E-state index contributed by atoms with van der Waals surface area (Å²) in [6, 6.07) is 17.0. The van der Waals surface area contributed by atoms with Crippen LogP contribution in [0.5, 0.6) is 0 Å². The normalized spacial score (nSPS) is 12.8. The quantitative estimate of drug-likeness (QED) is 0.412. The van der Waals surface area contributed by atoms with Gasteiger partial charge in [-0.3, -0.25) is 6.08 Å². The molecule has 0 amide bonds. The van der Waals surface area contributed by atoms with Gasteiger partial charge in [-0.15, -0.1) is 38.2 Å². The van der Waals surface area contributed by atoms with Gasteiger partial charge in [0, 0.05) is 0 Å². The average molecular weight is 468 g/mol. The molecule has 4 rings (SSSR count). The Morgan fingerprint density at radius 3 is 2.19 bits per heavy atom. The van der Waals surface area contributed by atoms with E-state index < -0.39 is 0 Å². The summed E-state index contributed by atoms with van der Waals surface area (Å²) in [5, 5.41) is 0. The molecule has 0 nitrogen and oxygen atoms in total. The van der Waals surface area contributed by atoms with Crippen LogP contribution in [0.4, 0.5) is 0 Å². The van der Waals surface area contributed by atoms with Crippen molar-refractivity contribution in [2.75, 3.05) is 0 Å². The number of benzene rings is 1. The van der Waals surface area contributed by atoms with Crippen LogP contribution in [-0.2, 0) is 37.1 Å². The van der Waals surface area contributed by atoms with Gasteiger partial charge < -0.3 is 7.43 Å². The third kappa shape index (κ3) is 10.5. The fourth-order valence-corrected chi connectivity index (χ4v) is 3.13. The molecule has 0 spiro atoms. The van der Waals surface area contributed by atoms with Gasteiger partial charge in [0.25, 0.3) is 0 Å². The van der Waals surface area contributed by atoms with E-state index in [9.17, 15) is 0 Å². The SMILES string of the molecule is CC1=CC[C-]=C1.Cl.Cl.[CH3-].[Zr]=[CH]c1ccccc1.c1cc2c([cH-]1)CCCC2. The van der Waals surface area contributed by atoms with E-state index in [-0.39, 0.29) is 32.2 Å². The first kappa shape index (κ1) is 27.6. The number of rotatable bonds is 1. The van der Waals surface area contributed by atoms with E-state index in [1.165, 1.54) is 61.1 Å². The number of hydrogen-bond acceptors (Lipinski definition) is 0. The van der Waals surface area contributed by atoms with Crippen LogP contribution in [0.1, 0.15) is 42.9 Å². The molecule has 142 valence electrons. The summed E-state index contributed by atoms with van der Waals surface area (Å²) in [6.07, 6.45) is 13.7. The molecule has 0 unspecified atom stereocenters. The van der Waals surface area contributed by atoms with Crippen LogP contribution in [0.25, 0.3) is 0 Å². The van der Waals surface area contributed by atoms with Crippen LogP contribution in [-0.4, -0.2) is 3.71 Å². The fraction of sp³-hybridized carbons (Fsp3) is 0.261. The molecule has 2 aromatic rings. The third-order valence-electron chi connectivity index (χ3n) is 3.99. The van der Waals surface area contributed by atoms with E-state index in [0.29, 0.717) is 0 Å². The maximum absolute atomic E-state index is 3.05. The van der Waals surface area contributed by atoms with Crippen LogP contribution in [0.3, 0.4) is 0 Å². The predicted molar refractivity (Wildman–Crippen MR) is 117 cm³/mol. The Hall–Kier alpha value is -0.617. The van der Waals surface area contributed by atoms with E-state index >= 15 is 0 Å². The Kier molecular flexibility index (Phi) is 17.6. The zero-order valence-corrected chi connectivity index (χ0v) is 19.8. The summed E-state index contributed by atoms with van der Waals surface area (Å²) in [5.74, 6) is 0. The second-order valence-corrected chi connectivity index (χ2v) is 6.55. The van der Waals surface area contributed by atoms with Crippen LogP contribution in [0, 0.1) is 13.5 Å². The summed E-state index contributed by atoms with van der Waals surface area (Å²) in [5.41, 5.74) is 5.86. The zero-order chi connectivity index (χ0) is 16.3. The Labute approximate surface area is 187 Å². The molecular weight excluding hydrogens is 438 g/mol. The maximum Gasteiger partial charge on any atom is -0.0512 e. The fourth-order valence-electron chi connectivity index (χ4n) is 2.66. The first-order valence-corrected chi connectivity index (χ1v) is 9.74. The Morgan fingerprint density at radius 1 is 1.04 bits per heavy atom. The molecule has 0 N–H and O–H groups in total. The van der Waals surface area contributed by atoms with Gasteiger partial charge >= 0.3 is 63.8 Å². The summed E-state index contributed by atoms with van der Waals surface area (Å²) in [7, 11) is 0. The van der Waals surface area contributed by atoms with Gasteiger partial charge in [0.15, 0.2) is 0 Å². The molecule has 3 heteroatoms. The van der Waals surface area contributed by atoms with Gasteiger partial charge in [-0.05, 0) is 0 Å². The van der Waals surface area contributed by atoms with Gasteiger partial charge in [0.05, 0.1) is 0 Å². The second-order valence-electron chi connectivity index (χ2n) is 5.84. The predicted octanol–water partition coefficient (Wildman–Crippen LogP) is 6.66. The third-order valence-corrected chi connectivity index (χ3v) is 4.81. The molecule has 0 saturated carbocycles. The minimum atomic E-state index is 0. The summed E-state index contributed by atoms with van der Waals surface area (Å²) in [6.45, 7) is 2.08. The Morgan fingerprint density at radius 2 is 1.73 bits per heavy atom. The van der Waals surface area contributed by atoms with E-state index in [4.69, 9.17) is 0 Å². The maximum atomic E-state index is 3.05. The van der Waals surface area contributed by atoms with Crippen molar-refractivity contribution in [1.82, 2.24) is 0 Å². The first-order valence-electron chi connectivity index (χ1n) is 8.32. The smallest absolute Gasteiger partial charge is 0.0512 e. The number of fused-ring (bicyclic) bond motifs is 1. The summed E-state index contributed by atoms with van der Waals surface area (Å²) >= 11 is 1.46. The average Bonchev–Trinajstić information content (AvgIpc) is 3.27. The topological polar surface area (TPSA) is 0 Å². The van der Waals surface area contributed by atoms with E-state index in [1.807, 2.05) is 12.1 Å². The van der Waals surface area contributed by atoms with Crippen molar-refractivity contribution in [1.29, 1.82) is 0 Å². The van der Waals surface area contributed by atoms with Crippen molar-refractivity contribution in [3.8, 4) is 0 Å². The van der Waals surface area contributed by atoms with Crippen molar-refractivity contribution in [3.63, 3.8) is 0 Å². The van der Waals surface area contributed by atoms with Crippen LogP contribution in [0.2, 0.25) is 0 Å². The standard InChI is InChI=1S/C9H11.C7H6.C6H7.CH3.2ClH.Zr/c1-2-5-9-7-3-6-8(9)4-1;1-7-5-3-2-4-6-7;1-6-4-2-3-5-6;;;;/h3,6-7H,1-2,4-5H2;1-6H;4-5H,2H2,1H3;1H3;2*1H;/q-1;;2*-1;;;. The van der Waals surface area contributed by atoms with Gasteiger partial charge in [0.1, 0.15) is 0 Å². The van der Waals surface area contributed by atoms with Gasteiger partial charge in [0.2, 0.25) is 0 Å². The summed E-state index contributed by atoms with van der Waals surface area (Å²) < 4.78 is 2.17. The molecule has 0 bridgehead atoms. The van der Waals surface area contributed by atoms with Gasteiger partial charge in [-0.2, -0.15) is 29.3 Å². The molecular formula is C23H29Cl2Zr-3. The van der Waals surface area contributed by atoms with Crippen LogP contribution >= 0.6 is 24.8 Å². The Bertz CT molecular complexity index is 631. The second kappa shape index (κ2) is 16.5.